The number of nitrogens with zero attached hydrogens (tertiary/aromatic N) is 3. The second-order valence-electron chi connectivity index (χ2n) is 6.26. The van der Waals surface area contributed by atoms with E-state index >= 15 is 0 Å². The zero-order valence-corrected chi connectivity index (χ0v) is 13.1. The molecule has 21 heavy (non-hydrogen) atoms. The SMILES string of the molecule is Cc1cc(C(=O)O)c(C)n1CCc1noc(C(C)(C)C)n1. The highest BCUT2D eigenvalue weighted by Gasteiger charge is 2.22. The van der Waals surface area contributed by atoms with E-state index in [0.717, 1.165) is 11.4 Å². The molecule has 0 bridgehead atoms. The molecule has 0 saturated carbocycles. The van der Waals surface area contributed by atoms with Crippen LogP contribution in [0.3, 0.4) is 0 Å². The van der Waals surface area contributed by atoms with Crippen molar-refractivity contribution in [1.82, 2.24) is 14.7 Å². The zero-order chi connectivity index (χ0) is 15.8. The van der Waals surface area contributed by atoms with E-state index in [4.69, 9.17) is 9.63 Å². The van der Waals surface area contributed by atoms with Gasteiger partial charge in [0.25, 0.3) is 0 Å². The second-order valence-corrected chi connectivity index (χ2v) is 6.26. The monoisotopic (exact) mass is 291 g/mol. The zero-order valence-electron chi connectivity index (χ0n) is 13.1. The lowest BCUT2D eigenvalue weighted by atomic mass is 9.97. The van der Waals surface area contributed by atoms with Crippen molar-refractivity contribution in [2.45, 2.75) is 53.0 Å². The van der Waals surface area contributed by atoms with Crippen LogP contribution in [0.25, 0.3) is 0 Å². The lowest BCUT2D eigenvalue weighted by Crippen LogP contribution is -2.12. The first-order chi connectivity index (χ1) is 9.70. The fourth-order valence-corrected chi connectivity index (χ4v) is 2.23. The van der Waals surface area contributed by atoms with Crippen molar-refractivity contribution in [1.29, 1.82) is 0 Å². The summed E-state index contributed by atoms with van der Waals surface area (Å²) in [6.07, 6.45) is 0.606. The first kappa shape index (κ1) is 15.3. The van der Waals surface area contributed by atoms with Gasteiger partial charge in [0.1, 0.15) is 0 Å². The van der Waals surface area contributed by atoms with E-state index in [1.807, 2.05) is 39.2 Å². The molecule has 0 aliphatic rings. The summed E-state index contributed by atoms with van der Waals surface area (Å²) in [5.74, 6) is 0.359. The van der Waals surface area contributed by atoms with Crippen molar-refractivity contribution in [3.63, 3.8) is 0 Å². The van der Waals surface area contributed by atoms with Gasteiger partial charge in [0.2, 0.25) is 5.89 Å². The molecule has 1 N–H and O–H groups in total. The molecule has 114 valence electrons. The van der Waals surface area contributed by atoms with Gasteiger partial charge in [-0.15, -0.1) is 0 Å². The number of hydrogen-bond acceptors (Lipinski definition) is 4. The number of aryl methyl sites for hydroxylation is 2. The highest BCUT2D eigenvalue weighted by molar-refractivity contribution is 5.89. The Kier molecular flexibility index (Phi) is 3.89. The minimum Gasteiger partial charge on any atom is -0.478 e. The summed E-state index contributed by atoms with van der Waals surface area (Å²) in [6, 6.07) is 1.69. The van der Waals surface area contributed by atoms with Crippen LogP contribution in [0, 0.1) is 13.8 Å². The molecule has 0 fully saturated rings. The van der Waals surface area contributed by atoms with Crippen molar-refractivity contribution in [2.75, 3.05) is 0 Å². The molecule has 2 rings (SSSR count). The number of aromatic carboxylic acids is 1. The number of hydrogen-bond donors (Lipinski definition) is 1. The first-order valence-corrected chi connectivity index (χ1v) is 6.93. The maximum atomic E-state index is 11.1. The summed E-state index contributed by atoms with van der Waals surface area (Å²) in [7, 11) is 0. The minimum absolute atomic E-state index is 0.166. The third kappa shape index (κ3) is 3.15. The number of carboxylic acids is 1. The van der Waals surface area contributed by atoms with Crippen molar-refractivity contribution < 1.29 is 14.4 Å². The van der Waals surface area contributed by atoms with Crippen LogP contribution >= 0.6 is 0 Å². The van der Waals surface area contributed by atoms with Crippen LogP contribution in [-0.4, -0.2) is 25.8 Å². The van der Waals surface area contributed by atoms with Crippen molar-refractivity contribution in [3.8, 4) is 0 Å². The molecule has 0 spiro atoms. The van der Waals surface area contributed by atoms with E-state index in [9.17, 15) is 4.79 Å². The van der Waals surface area contributed by atoms with E-state index in [2.05, 4.69) is 10.1 Å². The number of rotatable bonds is 4. The molecule has 0 amide bonds. The summed E-state index contributed by atoms with van der Waals surface area (Å²) in [4.78, 5) is 15.5. The molecular weight excluding hydrogens is 270 g/mol. The van der Waals surface area contributed by atoms with Gasteiger partial charge in [0.15, 0.2) is 5.82 Å². The predicted octanol–water partition coefficient (Wildman–Crippen LogP) is 2.73. The Morgan fingerprint density at radius 2 is 2.05 bits per heavy atom. The molecule has 6 heteroatoms. The fraction of sp³-hybridized carbons (Fsp3) is 0.533. The lowest BCUT2D eigenvalue weighted by Gasteiger charge is -2.10. The summed E-state index contributed by atoms with van der Waals surface area (Å²) in [5.41, 5.74) is 1.85. The Labute approximate surface area is 123 Å². The molecule has 2 aromatic heterocycles. The molecule has 0 saturated heterocycles. The van der Waals surface area contributed by atoms with Gasteiger partial charge in [0.05, 0.1) is 5.56 Å². The fourth-order valence-electron chi connectivity index (χ4n) is 2.23. The molecule has 6 nitrogen and oxygen atoms in total. The van der Waals surface area contributed by atoms with E-state index in [1.54, 1.807) is 6.07 Å². The van der Waals surface area contributed by atoms with Crippen LogP contribution < -0.4 is 0 Å². The highest BCUT2D eigenvalue weighted by Crippen LogP contribution is 2.20. The second kappa shape index (κ2) is 5.35. The molecule has 0 aliphatic carbocycles. The molecule has 0 radical (unpaired) electrons. The van der Waals surface area contributed by atoms with E-state index in [0.29, 0.717) is 30.2 Å². The van der Waals surface area contributed by atoms with Crippen LogP contribution in [0.5, 0.6) is 0 Å². The van der Waals surface area contributed by atoms with Crippen LogP contribution in [0.4, 0.5) is 0 Å². The van der Waals surface area contributed by atoms with Gasteiger partial charge in [-0.1, -0.05) is 25.9 Å². The molecular formula is C15H21N3O3. The van der Waals surface area contributed by atoms with Crippen LogP contribution in [0.15, 0.2) is 10.6 Å². The highest BCUT2D eigenvalue weighted by atomic mass is 16.5. The predicted molar refractivity (Wildman–Crippen MR) is 77.6 cm³/mol. The van der Waals surface area contributed by atoms with Gasteiger partial charge in [0, 0.05) is 29.8 Å². The van der Waals surface area contributed by atoms with Gasteiger partial charge >= 0.3 is 5.97 Å². The third-order valence-corrected chi connectivity index (χ3v) is 3.47. The minimum atomic E-state index is -0.899. The summed E-state index contributed by atoms with van der Waals surface area (Å²) < 4.78 is 7.23. The molecule has 0 atom stereocenters. The summed E-state index contributed by atoms with van der Waals surface area (Å²) in [6.45, 7) is 10.4. The van der Waals surface area contributed by atoms with Gasteiger partial charge in [-0.2, -0.15) is 4.98 Å². The van der Waals surface area contributed by atoms with E-state index in [1.165, 1.54) is 0 Å². The van der Waals surface area contributed by atoms with Crippen molar-refractivity contribution >= 4 is 5.97 Å². The average molecular weight is 291 g/mol. The summed E-state index contributed by atoms with van der Waals surface area (Å²) >= 11 is 0. The number of aromatic nitrogens is 3. The van der Waals surface area contributed by atoms with Crippen molar-refractivity contribution in [2.24, 2.45) is 0 Å². The standard InChI is InChI=1S/C15H21N3O3/c1-9-8-11(13(19)20)10(2)18(9)7-6-12-16-14(21-17-12)15(3,4)5/h8H,6-7H2,1-5H3,(H,19,20). The van der Waals surface area contributed by atoms with E-state index < -0.39 is 5.97 Å². The molecule has 2 heterocycles. The normalized spacial score (nSPS) is 11.9. The first-order valence-electron chi connectivity index (χ1n) is 6.93. The third-order valence-electron chi connectivity index (χ3n) is 3.47. The maximum Gasteiger partial charge on any atom is 0.337 e. The Morgan fingerprint density at radius 3 is 2.52 bits per heavy atom. The van der Waals surface area contributed by atoms with Crippen molar-refractivity contribution in [3.05, 3.63) is 34.7 Å². The molecule has 0 aromatic carbocycles. The van der Waals surface area contributed by atoms with Crippen LogP contribution in [0.2, 0.25) is 0 Å². The largest absolute Gasteiger partial charge is 0.478 e. The number of carboxylic acid groups (broad SMARTS) is 1. The van der Waals surface area contributed by atoms with Gasteiger partial charge < -0.3 is 14.2 Å². The molecule has 0 unspecified atom stereocenters. The quantitative estimate of drug-likeness (QED) is 0.936. The Morgan fingerprint density at radius 1 is 1.38 bits per heavy atom. The Bertz CT molecular complexity index is 662. The summed E-state index contributed by atoms with van der Waals surface area (Å²) in [5, 5.41) is 13.1. The van der Waals surface area contributed by atoms with Gasteiger partial charge in [-0.05, 0) is 19.9 Å². The maximum absolute atomic E-state index is 11.1. The van der Waals surface area contributed by atoms with E-state index in [-0.39, 0.29) is 5.41 Å². The average Bonchev–Trinajstić information content (AvgIpc) is 2.93. The Balaban J connectivity index is 2.14. The Hall–Kier alpha value is -2.11. The van der Waals surface area contributed by atoms with Crippen LogP contribution in [0.1, 0.15) is 54.2 Å². The smallest absolute Gasteiger partial charge is 0.337 e. The lowest BCUT2D eigenvalue weighted by molar-refractivity contribution is 0.0696. The number of carbonyl (C=O) groups is 1. The van der Waals surface area contributed by atoms with Gasteiger partial charge in [-0.3, -0.25) is 0 Å². The van der Waals surface area contributed by atoms with Crippen LogP contribution in [-0.2, 0) is 18.4 Å². The molecule has 0 aliphatic heterocycles. The molecule has 2 aromatic rings. The van der Waals surface area contributed by atoms with Gasteiger partial charge in [-0.25, -0.2) is 4.79 Å². The topological polar surface area (TPSA) is 81.1 Å².